The molecule has 0 saturated carbocycles. The zero-order valence-corrected chi connectivity index (χ0v) is 12.3. The first-order valence-electron chi connectivity index (χ1n) is 7.24. The van der Waals surface area contributed by atoms with Gasteiger partial charge in [-0.1, -0.05) is 36.2 Å². The molecule has 0 spiro atoms. The lowest BCUT2D eigenvalue weighted by Crippen LogP contribution is -2.17. The Hall–Kier alpha value is -1.98. The highest BCUT2D eigenvalue weighted by Gasteiger charge is 2.31. The van der Waals surface area contributed by atoms with Gasteiger partial charge in [0.25, 0.3) is 0 Å². The van der Waals surface area contributed by atoms with Crippen molar-refractivity contribution in [3.8, 4) is 5.75 Å². The second kappa shape index (κ2) is 6.85. The summed E-state index contributed by atoms with van der Waals surface area (Å²) in [5, 5.41) is 12.5. The van der Waals surface area contributed by atoms with Gasteiger partial charge in [-0.3, -0.25) is 0 Å². The average molecular weight is 313 g/mol. The molecule has 0 saturated heterocycles. The van der Waals surface area contributed by atoms with Crippen LogP contribution in [-0.4, -0.2) is 17.3 Å². The van der Waals surface area contributed by atoms with Gasteiger partial charge < -0.3 is 9.94 Å². The molecule has 0 atom stereocenters. The molecule has 0 amide bonds. The summed E-state index contributed by atoms with van der Waals surface area (Å²) < 4.78 is 40.4. The number of nitrogens with zero attached hydrogens (tertiary/aromatic N) is 1. The van der Waals surface area contributed by atoms with E-state index < -0.39 is 6.36 Å². The minimum Gasteiger partial charge on any atom is -0.411 e. The number of alkyl halides is 3. The third-order valence-electron chi connectivity index (χ3n) is 3.64. The number of benzene rings is 1. The molecule has 0 bridgehead atoms. The van der Waals surface area contributed by atoms with Gasteiger partial charge in [-0.15, -0.1) is 13.2 Å². The van der Waals surface area contributed by atoms with Gasteiger partial charge in [-0.05, 0) is 43.4 Å². The Labute approximate surface area is 127 Å². The summed E-state index contributed by atoms with van der Waals surface area (Å²) in [5.74, 6) is -0.257. The summed E-state index contributed by atoms with van der Waals surface area (Å²) in [7, 11) is 0. The van der Waals surface area contributed by atoms with E-state index in [2.05, 4.69) is 16.8 Å². The zero-order valence-electron chi connectivity index (χ0n) is 12.3. The summed E-state index contributed by atoms with van der Waals surface area (Å²) in [6.07, 6.45) is -0.210. The van der Waals surface area contributed by atoms with Crippen LogP contribution in [0.4, 0.5) is 13.2 Å². The maximum Gasteiger partial charge on any atom is 0.573 e. The molecule has 0 radical (unpaired) electrons. The van der Waals surface area contributed by atoms with Crippen molar-refractivity contribution in [1.82, 2.24) is 0 Å². The highest BCUT2D eigenvalue weighted by Crippen LogP contribution is 2.35. The fourth-order valence-electron chi connectivity index (χ4n) is 2.66. The van der Waals surface area contributed by atoms with E-state index in [1.807, 2.05) is 0 Å². The minimum absolute atomic E-state index is 0.257. The van der Waals surface area contributed by atoms with Gasteiger partial charge in [-0.2, -0.15) is 0 Å². The number of hydrogen-bond donors (Lipinski definition) is 1. The topological polar surface area (TPSA) is 41.8 Å². The molecule has 1 N–H and O–H groups in total. The predicted octanol–water partition coefficient (Wildman–Crippen LogP) is 5.15. The third kappa shape index (κ3) is 4.02. The van der Waals surface area contributed by atoms with Crippen LogP contribution in [0.15, 0.2) is 35.0 Å². The third-order valence-corrected chi connectivity index (χ3v) is 3.64. The second-order valence-corrected chi connectivity index (χ2v) is 5.20. The molecule has 0 fully saturated rings. The standard InChI is InChI=1S/C16H18F3NO2/c1-2-3-4-11-7-10-14(20-21)15(11)12-5-8-13(9-6-12)22-16(17,18)19/h5-6,8-9,21H,2-4,7,10H2,1H3. The van der Waals surface area contributed by atoms with Crippen LogP contribution in [0, 0.1) is 0 Å². The molecular weight excluding hydrogens is 295 g/mol. The second-order valence-electron chi connectivity index (χ2n) is 5.20. The molecule has 1 aliphatic carbocycles. The molecular formula is C16H18F3NO2. The van der Waals surface area contributed by atoms with E-state index in [4.69, 9.17) is 5.21 Å². The predicted molar refractivity (Wildman–Crippen MR) is 78.0 cm³/mol. The van der Waals surface area contributed by atoms with E-state index in [1.54, 1.807) is 12.1 Å². The number of rotatable bonds is 5. The van der Waals surface area contributed by atoms with E-state index in [0.717, 1.165) is 36.8 Å². The van der Waals surface area contributed by atoms with Crippen LogP contribution in [0.1, 0.15) is 44.6 Å². The summed E-state index contributed by atoms with van der Waals surface area (Å²) >= 11 is 0. The number of hydrogen-bond acceptors (Lipinski definition) is 3. The number of halogens is 3. The molecule has 0 aromatic heterocycles. The molecule has 2 rings (SSSR count). The van der Waals surface area contributed by atoms with E-state index >= 15 is 0 Å². The number of unbranched alkanes of at least 4 members (excludes halogenated alkanes) is 1. The summed E-state index contributed by atoms with van der Waals surface area (Å²) in [4.78, 5) is 0. The minimum atomic E-state index is -4.70. The first-order valence-corrected chi connectivity index (χ1v) is 7.24. The molecule has 0 aliphatic heterocycles. The highest BCUT2D eigenvalue weighted by atomic mass is 19.4. The lowest BCUT2D eigenvalue weighted by molar-refractivity contribution is -0.274. The Morgan fingerprint density at radius 1 is 1.18 bits per heavy atom. The van der Waals surface area contributed by atoms with Gasteiger partial charge in [0, 0.05) is 5.57 Å². The maximum absolute atomic E-state index is 12.2. The Kier molecular flexibility index (Phi) is 5.11. The quantitative estimate of drug-likeness (QED) is 0.603. The van der Waals surface area contributed by atoms with Crippen LogP contribution in [0.25, 0.3) is 5.57 Å². The number of allylic oxidation sites excluding steroid dienone is 2. The van der Waals surface area contributed by atoms with E-state index in [9.17, 15) is 13.2 Å². The van der Waals surface area contributed by atoms with Crippen LogP contribution in [0.2, 0.25) is 0 Å². The van der Waals surface area contributed by atoms with Crippen LogP contribution in [-0.2, 0) is 0 Å². The first kappa shape index (κ1) is 16.4. The smallest absolute Gasteiger partial charge is 0.411 e. The lowest BCUT2D eigenvalue weighted by Gasteiger charge is -2.11. The van der Waals surface area contributed by atoms with Crippen molar-refractivity contribution in [2.45, 2.75) is 45.4 Å². The van der Waals surface area contributed by atoms with Crippen LogP contribution in [0.3, 0.4) is 0 Å². The fraction of sp³-hybridized carbons (Fsp3) is 0.438. The summed E-state index contributed by atoms with van der Waals surface area (Å²) in [6.45, 7) is 2.10. The first-order chi connectivity index (χ1) is 10.4. The van der Waals surface area contributed by atoms with Gasteiger partial charge in [0.2, 0.25) is 0 Å². The van der Waals surface area contributed by atoms with Crippen molar-refractivity contribution < 1.29 is 23.1 Å². The Bertz CT molecular complexity index is 574. The van der Waals surface area contributed by atoms with Crippen molar-refractivity contribution in [2.24, 2.45) is 5.16 Å². The molecule has 6 heteroatoms. The van der Waals surface area contributed by atoms with Crippen molar-refractivity contribution >= 4 is 11.3 Å². The zero-order chi connectivity index (χ0) is 16.2. The van der Waals surface area contributed by atoms with Gasteiger partial charge in [0.15, 0.2) is 0 Å². The molecule has 0 heterocycles. The molecule has 3 nitrogen and oxygen atoms in total. The maximum atomic E-state index is 12.2. The SMILES string of the molecule is CCCCC1=C(c2ccc(OC(F)(F)F)cc2)C(=NO)CC1. The number of oxime groups is 1. The van der Waals surface area contributed by atoms with Gasteiger partial charge in [0.05, 0.1) is 5.71 Å². The highest BCUT2D eigenvalue weighted by molar-refractivity contribution is 6.26. The van der Waals surface area contributed by atoms with Crippen LogP contribution < -0.4 is 4.74 Å². The Morgan fingerprint density at radius 3 is 2.41 bits per heavy atom. The fourth-order valence-corrected chi connectivity index (χ4v) is 2.66. The normalized spacial score (nSPS) is 17.4. The largest absolute Gasteiger partial charge is 0.573 e. The van der Waals surface area contributed by atoms with Crippen molar-refractivity contribution in [2.75, 3.05) is 0 Å². The van der Waals surface area contributed by atoms with E-state index in [1.165, 1.54) is 17.7 Å². The average Bonchev–Trinajstić information content (AvgIpc) is 2.87. The Balaban J connectivity index is 2.27. The van der Waals surface area contributed by atoms with Gasteiger partial charge in [0.1, 0.15) is 5.75 Å². The van der Waals surface area contributed by atoms with Gasteiger partial charge in [-0.25, -0.2) is 0 Å². The van der Waals surface area contributed by atoms with Gasteiger partial charge >= 0.3 is 6.36 Å². The van der Waals surface area contributed by atoms with Crippen molar-refractivity contribution in [3.63, 3.8) is 0 Å². The summed E-state index contributed by atoms with van der Waals surface area (Å²) in [6, 6.07) is 5.69. The Morgan fingerprint density at radius 2 is 1.86 bits per heavy atom. The molecule has 120 valence electrons. The monoisotopic (exact) mass is 313 g/mol. The molecule has 1 aromatic rings. The lowest BCUT2D eigenvalue weighted by atomic mass is 9.98. The van der Waals surface area contributed by atoms with Crippen molar-refractivity contribution in [3.05, 3.63) is 35.4 Å². The van der Waals surface area contributed by atoms with Crippen LogP contribution in [0.5, 0.6) is 5.75 Å². The van der Waals surface area contributed by atoms with Crippen LogP contribution >= 0.6 is 0 Å². The number of ether oxygens (including phenoxy) is 1. The van der Waals surface area contributed by atoms with E-state index in [-0.39, 0.29) is 5.75 Å². The molecule has 22 heavy (non-hydrogen) atoms. The molecule has 1 aromatic carbocycles. The van der Waals surface area contributed by atoms with E-state index in [0.29, 0.717) is 12.1 Å². The van der Waals surface area contributed by atoms with Crippen molar-refractivity contribution in [1.29, 1.82) is 0 Å². The molecule has 1 aliphatic rings. The molecule has 0 unspecified atom stereocenters. The summed E-state index contributed by atoms with van der Waals surface area (Å²) in [5.41, 5.74) is 3.40.